The molecule has 17 heavy (non-hydrogen) atoms. The van der Waals surface area contributed by atoms with Gasteiger partial charge in [-0.25, -0.2) is 4.79 Å². The highest BCUT2D eigenvalue weighted by molar-refractivity contribution is 5.95. The van der Waals surface area contributed by atoms with Gasteiger partial charge >= 0.3 is 11.9 Å². The molecule has 0 aliphatic carbocycles. The maximum absolute atomic E-state index is 11.2. The molecule has 0 rings (SSSR count). The number of hydrogen-bond acceptors (Lipinski definition) is 6. The number of hydrogen-bond donors (Lipinski definition) is 1. The minimum absolute atomic E-state index is 0.205. The third kappa shape index (κ3) is 8.15. The van der Waals surface area contributed by atoms with Crippen molar-refractivity contribution in [3.05, 3.63) is 12.2 Å². The van der Waals surface area contributed by atoms with Crippen molar-refractivity contribution < 1.29 is 29.0 Å². The molecule has 0 bridgehead atoms. The molecule has 0 radical (unpaired) electrons. The Balaban J connectivity index is 3.99. The zero-order valence-electron chi connectivity index (χ0n) is 9.84. The Labute approximate surface area is 99.2 Å². The number of rotatable bonds is 7. The summed E-state index contributed by atoms with van der Waals surface area (Å²) >= 11 is 0. The highest BCUT2D eigenvalue weighted by Crippen LogP contribution is 2.00. The molecular weight excluding hydrogens is 228 g/mol. The first-order chi connectivity index (χ1) is 7.99. The lowest BCUT2D eigenvalue weighted by atomic mass is 10.1. The summed E-state index contributed by atoms with van der Waals surface area (Å²) in [5.74, 6) is -1.70. The van der Waals surface area contributed by atoms with Crippen molar-refractivity contribution in [1.29, 1.82) is 0 Å². The Kier molecular flexibility index (Phi) is 7.62. The van der Waals surface area contributed by atoms with E-state index in [-0.39, 0.29) is 19.4 Å². The summed E-state index contributed by atoms with van der Waals surface area (Å²) in [4.78, 5) is 32.9. The average Bonchev–Trinajstić information content (AvgIpc) is 2.25. The fourth-order valence-electron chi connectivity index (χ4n) is 1.00. The molecule has 0 aliphatic heterocycles. The zero-order valence-corrected chi connectivity index (χ0v) is 9.84. The Bertz CT molecular complexity index is 307. The predicted octanol–water partition coefficient (Wildman–Crippen LogP) is -0.0111. The largest absolute Gasteiger partial charge is 0.466 e. The third-order valence-corrected chi connectivity index (χ3v) is 1.74. The van der Waals surface area contributed by atoms with Gasteiger partial charge in [0.15, 0.2) is 0 Å². The maximum Gasteiger partial charge on any atom is 0.330 e. The van der Waals surface area contributed by atoms with E-state index < -0.39 is 23.8 Å². The monoisotopic (exact) mass is 244 g/mol. The molecule has 0 spiro atoms. The normalized spacial score (nSPS) is 12.2. The van der Waals surface area contributed by atoms with Gasteiger partial charge in [0.25, 0.3) is 0 Å². The van der Waals surface area contributed by atoms with Crippen molar-refractivity contribution in [3.8, 4) is 0 Å². The van der Waals surface area contributed by atoms with Gasteiger partial charge in [0, 0.05) is 12.5 Å². The van der Waals surface area contributed by atoms with E-state index in [4.69, 9.17) is 0 Å². The fourth-order valence-corrected chi connectivity index (χ4v) is 1.00. The quantitative estimate of drug-likeness (QED) is 0.385. The number of carbonyl (C=O) groups is 3. The van der Waals surface area contributed by atoms with Crippen LogP contribution in [0.15, 0.2) is 12.2 Å². The van der Waals surface area contributed by atoms with Crippen molar-refractivity contribution in [1.82, 2.24) is 0 Å². The molecule has 0 aromatic heterocycles. The average molecular weight is 244 g/mol. The van der Waals surface area contributed by atoms with E-state index in [1.54, 1.807) is 6.92 Å². The van der Waals surface area contributed by atoms with Gasteiger partial charge < -0.3 is 14.6 Å². The van der Waals surface area contributed by atoms with Gasteiger partial charge in [-0.3, -0.25) is 9.59 Å². The van der Waals surface area contributed by atoms with Crippen LogP contribution in [0.1, 0.15) is 19.8 Å². The number of carbonyl (C=O) groups excluding carboxylic acids is 3. The first kappa shape index (κ1) is 15.3. The van der Waals surface area contributed by atoms with Crippen LogP contribution >= 0.6 is 0 Å². The van der Waals surface area contributed by atoms with Crippen molar-refractivity contribution in [2.24, 2.45) is 0 Å². The summed E-state index contributed by atoms with van der Waals surface area (Å²) in [5.41, 5.74) is 0. The van der Waals surface area contributed by atoms with Crippen molar-refractivity contribution in [3.63, 3.8) is 0 Å². The Hall–Kier alpha value is -1.69. The number of ether oxygens (including phenoxy) is 2. The number of Topliss-reactive ketones (excluding diaryl/α,β-unsaturated/α-hetero) is 1. The predicted molar refractivity (Wildman–Crippen MR) is 58.0 cm³/mol. The maximum atomic E-state index is 11.2. The summed E-state index contributed by atoms with van der Waals surface area (Å²) in [6.45, 7) is 1.84. The summed E-state index contributed by atoms with van der Waals surface area (Å²) < 4.78 is 8.88. The summed E-state index contributed by atoms with van der Waals surface area (Å²) in [6.07, 6.45) is 0.413. The smallest absolute Gasteiger partial charge is 0.330 e. The van der Waals surface area contributed by atoms with Gasteiger partial charge in [-0.1, -0.05) is 0 Å². The number of aliphatic hydroxyl groups excluding tert-OH is 1. The van der Waals surface area contributed by atoms with Crippen LogP contribution < -0.4 is 0 Å². The minimum Gasteiger partial charge on any atom is -0.466 e. The van der Waals surface area contributed by atoms with Crippen LogP contribution in [0.25, 0.3) is 0 Å². The lowest BCUT2D eigenvalue weighted by Crippen LogP contribution is -2.16. The highest BCUT2D eigenvalue weighted by Gasteiger charge is 2.13. The standard InChI is InChI=1S/C11H16O6/c1-3-17-11(15)7-9(13)6-8(12)4-5-10(14)16-2/h4-5,8,12H,3,6-7H2,1-2H3/b5-4+/t8-/m1/s1. The topological polar surface area (TPSA) is 89.9 Å². The first-order valence-corrected chi connectivity index (χ1v) is 5.11. The number of esters is 2. The van der Waals surface area contributed by atoms with Gasteiger partial charge in [-0.15, -0.1) is 0 Å². The van der Waals surface area contributed by atoms with E-state index in [9.17, 15) is 19.5 Å². The van der Waals surface area contributed by atoms with Crippen molar-refractivity contribution in [2.75, 3.05) is 13.7 Å². The van der Waals surface area contributed by atoms with Crippen LogP contribution in [0.4, 0.5) is 0 Å². The van der Waals surface area contributed by atoms with Crippen LogP contribution in [0, 0.1) is 0 Å². The van der Waals surface area contributed by atoms with Crippen LogP contribution in [-0.2, 0) is 23.9 Å². The molecule has 0 aliphatic rings. The molecule has 0 fully saturated rings. The van der Waals surface area contributed by atoms with Crippen molar-refractivity contribution in [2.45, 2.75) is 25.9 Å². The second kappa shape index (κ2) is 8.46. The molecule has 6 nitrogen and oxygen atoms in total. The van der Waals surface area contributed by atoms with Gasteiger partial charge in [0.05, 0.1) is 19.8 Å². The van der Waals surface area contributed by atoms with Gasteiger partial charge in [0.1, 0.15) is 12.2 Å². The molecule has 0 heterocycles. The van der Waals surface area contributed by atoms with E-state index in [0.29, 0.717) is 0 Å². The first-order valence-electron chi connectivity index (χ1n) is 5.11. The molecule has 0 aromatic rings. The van der Waals surface area contributed by atoms with Gasteiger partial charge in [0.2, 0.25) is 0 Å². The van der Waals surface area contributed by atoms with Crippen LogP contribution in [0.3, 0.4) is 0 Å². The molecule has 0 aromatic carbocycles. The van der Waals surface area contributed by atoms with E-state index >= 15 is 0 Å². The zero-order chi connectivity index (χ0) is 13.3. The Morgan fingerprint density at radius 3 is 2.53 bits per heavy atom. The molecule has 0 amide bonds. The summed E-state index contributed by atoms with van der Waals surface area (Å²) in [5, 5.41) is 9.34. The molecule has 1 atom stereocenters. The lowest BCUT2D eigenvalue weighted by Gasteiger charge is -2.04. The van der Waals surface area contributed by atoms with E-state index in [1.807, 2.05) is 0 Å². The third-order valence-electron chi connectivity index (χ3n) is 1.74. The molecule has 6 heteroatoms. The molecule has 1 N–H and O–H groups in total. The highest BCUT2D eigenvalue weighted by atomic mass is 16.5. The van der Waals surface area contributed by atoms with E-state index in [0.717, 1.165) is 12.2 Å². The van der Waals surface area contributed by atoms with Gasteiger partial charge in [-0.05, 0) is 13.0 Å². The van der Waals surface area contributed by atoms with Crippen LogP contribution in [0.5, 0.6) is 0 Å². The second-order valence-electron chi connectivity index (χ2n) is 3.17. The molecule has 96 valence electrons. The van der Waals surface area contributed by atoms with E-state index in [1.165, 1.54) is 7.11 Å². The van der Waals surface area contributed by atoms with E-state index in [2.05, 4.69) is 9.47 Å². The second-order valence-corrected chi connectivity index (χ2v) is 3.17. The number of ketones is 1. The summed E-state index contributed by atoms with van der Waals surface area (Å²) in [6, 6.07) is 0. The van der Waals surface area contributed by atoms with Crippen LogP contribution in [-0.4, -0.2) is 42.6 Å². The number of methoxy groups -OCH3 is 1. The van der Waals surface area contributed by atoms with Crippen LogP contribution in [0.2, 0.25) is 0 Å². The molecular formula is C11H16O6. The fraction of sp³-hybridized carbons (Fsp3) is 0.545. The lowest BCUT2D eigenvalue weighted by molar-refractivity contribution is -0.145. The molecule has 0 saturated carbocycles. The molecule has 0 saturated heterocycles. The van der Waals surface area contributed by atoms with Crippen molar-refractivity contribution >= 4 is 17.7 Å². The SMILES string of the molecule is CCOC(=O)CC(=O)C[C@H](O)/C=C/C(=O)OC. The Morgan fingerprint density at radius 1 is 1.35 bits per heavy atom. The number of aliphatic hydroxyl groups is 1. The Morgan fingerprint density at radius 2 is 2.00 bits per heavy atom. The minimum atomic E-state index is -1.11. The van der Waals surface area contributed by atoms with Gasteiger partial charge in [-0.2, -0.15) is 0 Å². The molecule has 0 unspecified atom stereocenters. The summed E-state index contributed by atoms with van der Waals surface area (Å²) in [7, 11) is 1.20.